The maximum absolute atomic E-state index is 5.46. The average Bonchev–Trinajstić information content (AvgIpc) is 2.70. The predicted molar refractivity (Wildman–Crippen MR) is 58.7 cm³/mol. The molecule has 4 nitrogen and oxygen atoms in total. The number of nitrogens with zero attached hydrogens (tertiary/aromatic N) is 2. The van der Waals surface area contributed by atoms with Gasteiger partial charge in [0.15, 0.2) is 0 Å². The lowest BCUT2D eigenvalue weighted by Gasteiger charge is -2.01. The Labute approximate surface area is 88.9 Å². The third kappa shape index (κ3) is 2.21. The summed E-state index contributed by atoms with van der Waals surface area (Å²) in [5, 5.41) is 7.54. The van der Waals surface area contributed by atoms with E-state index in [0.717, 1.165) is 22.9 Å². The zero-order valence-electron chi connectivity index (χ0n) is 9.24. The molecule has 0 atom stereocenters. The zero-order valence-corrected chi connectivity index (χ0v) is 9.24. The van der Waals surface area contributed by atoms with Gasteiger partial charge in [0.25, 0.3) is 0 Å². The highest BCUT2D eigenvalue weighted by molar-refractivity contribution is 5.45. The van der Waals surface area contributed by atoms with Crippen molar-refractivity contribution in [2.75, 3.05) is 5.32 Å². The monoisotopic (exact) mass is 205 g/mol. The molecule has 1 N–H and O–H groups in total. The second-order valence-corrected chi connectivity index (χ2v) is 3.67. The topological polar surface area (TPSA) is 43.0 Å². The minimum absolute atomic E-state index is 0.695. The molecule has 80 valence electrons. The van der Waals surface area contributed by atoms with Gasteiger partial charge in [-0.3, -0.25) is 4.68 Å². The Kier molecular flexibility index (Phi) is 2.49. The van der Waals surface area contributed by atoms with Crippen LogP contribution in [0.5, 0.6) is 0 Å². The van der Waals surface area contributed by atoms with Crippen LogP contribution < -0.4 is 5.32 Å². The first-order valence-corrected chi connectivity index (χ1v) is 4.94. The van der Waals surface area contributed by atoms with Gasteiger partial charge in [0.1, 0.15) is 11.5 Å². The molecule has 0 saturated carbocycles. The summed E-state index contributed by atoms with van der Waals surface area (Å²) >= 11 is 0. The highest BCUT2D eigenvalue weighted by Gasteiger charge is 2.03. The van der Waals surface area contributed by atoms with Gasteiger partial charge in [0.05, 0.1) is 17.9 Å². The van der Waals surface area contributed by atoms with Crippen LogP contribution in [0.2, 0.25) is 0 Å². The fraction of sp³-hybridized carbons (Fsp3) is 0.364. The van der Waals surface area contributed by atoms with Crippen LogP contribution in [0, 0.1) is 13.8 Å². The average molecular weight is 205 g/mol. The van der Waals surface area contributed by atoms with Crippen molar-refractivity contribution < 1.29 is 4.42 Å². The Morgan fingerprint density at radius 3 is 2.73 bits per heavy atom. The number of furan rings is 1. The molecule has 0 aliphatic rings. The molecule has 0 fully saturated rings. The van der Waals surface area contributed by atoms with E-state index in [1.165, 1.54) is 0 Å². The minimum Gasteiger partial charge on any atom is -0.465 e. The highest BCUT2D eigenvalue weighted by Crippen LogP contribution is 2.14. The molecule has 0 aromatic carbocycles. The van der Waals surface area contributed by atoms with Crippen molar-refractivity contribution >= 4 is 5.69 Å². The first-order chi connectivity index (χ1) is 7.15. The minimum atomic E-state index is 0.695. The molecular formula is C11H15N3O. The van der Waals surface area contributed by atoms with E-state index in [-0.39, 0.29) is 0 Å². The molecule has 0 radical (unpaired) electrons. The maximum atomic E-state index is 5.46. The Bertz CT molecular complexity index is 456. The van der Waals surface area contributed by atoms with Crippen molar-refractivity contribution in [3.05, 3.63) is 35.5 Å². The number of hydrogen-bond acceptors (Lipinski definition) is 3. The van der Waals surface area contributed by atoms with Gasteiger partial charge in [-0.05, 0) is 26.0 Å². The fourth-order valence-corrected chi connectivity index (χ4v) is 1.54. The summed E-state index contributed by atoms with van der Waals surface area (Å²) in [5.41, 5.74) is 2.05. The van der Waals surface area contributed by atoms with Gasteiger partial charge in [-0.1, -0.05) is 0 Å². The van der Waals surface area contributed by atoms with Crippen LogP contribution in [-0.4, -0.2) is 9.78 Å². The largest absolute Gasteiger partial charge is 0.465 e. The van der Waals surface area contributed by atoms with Crippen LogP contribution >= 0.6 is 0 Å². The van der Waals surface area contributed by atoms with E-state index in [9.17, 15) is 0 Å². The first kappa shape index (κ1) is 9.83. The van der Waals surface area contributed by atoms with Crippen molar-refractivity contribution in [1.82, 2.24) is 9.78 Å². The number of anilines is 1. The molecule has 4 heteroatoms. The summed E-state index contributed by atoms with van der Waals surface area (Å²) < 4.78 is 7.26. The Morgan fingerprint density at radius 1 is 1.40 bits per heavy atom. The predicted octanol–water partition coefficient (Wildman–Crippen LogP) is 2.24. The van der Waals surface area contributed by atoms with Gasteiger partial charge in [-0.15, -0.1) is 0 Å². The molecule has 0 bridgehead atoms. The normalized spacial score (nSPS) is 10.6. The first-order valence-electron chi connectivity index (χ1n) is 4.94. The summed E-state index contributed by atoms with van der Waals surface area (Å²) in [5.74, 6) is 1.88. The molecular weight excluding hydrogens is 190 g/mol. The molecule has 2 rings (SSSR count). The van der Waals surface area contributed by atoms with E-state index in [2.05, 4.69) is 10.4 Å². The van der Waals surface area contributed by atoms with Crippen molar-refractivity contribution in [2.45, 2.75) is 20.4 Å². The van der Waals surface area contributed by atoms with Gasteiger partial charge < -0.3 is 9.73 Å². The van der Waals surface area contributed by atoms with Crippen molar-refractivity contribution in [3.63, 3.8) is 0 Å². The molecule has 0 spiro atoms. The smallest absolute Gasteiger partial charge is 0.123 e. The van der Waals surface area contributed by atoms with E-state index in [1.807, 2.05) is 39.2 Å². The third-order valence-electron chi connectivity index (χ3n) is 2.26. The van der Waals surface area contributed by atoms with Crippen LogP contribution in [0.4, 0.5) is 5.69 Å². The molecule has 0 aliphatic carbocycles. The number of hydrogen-bond donors (Lipinski definition) is 1. The standard InChI is InChI=1S/C11H15N3O/c1-8-4-5-10(15-8)6-12-11-7-14(3)13-9(11)2/h4-5,7,12H,6H2,1-3H3. The Morgan fingerprint density at radius 2 is 2.20 bits per heavy atom. The third-order valence-corrected chi connectivity index (χ3v) is 2.26. The number of rotatable bonds is 3. The Balaban J connectivity index is 2.01. The summed E-state index contributed by atoms with van der Waals surface area (Å²) in [4.78, 5) is 0. The van der Waals surface area contributed by atoms with Gasteiger partial charge in [-0.25, -0.2) is 0 Å². The lowest BCUT2D eigenvalue weighted by Crippen LogP contribution is -1.98. The van der Waals surface area contributed by atoms with Crippen molar-refractivity contribution in [3.8, 4) is 0 Å². The maximum Gasteiger partial charge on any atom is 0.123 e. The van der Waals surface area contributed by atoms with Crippen LogP contribution in [0.1, 0.15) is 17.2 Å². The lowest BCUT2D eigenvalue weighted by molar-refractivity contribution is 0.490. The highest BCUT2D eigenvalue weighted by atomic mass is 16.3. The van der Waals surface area contributed by atoms with Crippen LogP contribution in [0.15, 0.2) is 22.7 Å². The molecule has 0 amide bonds. The van der Waals surface area contributed by atoms with Crippen LogP contribution in [0.3, 0.4) is 0 Å². The number of aromatic nitrogens is 2. The second-order valence-electron chi connectivity index (χ2n) is 3.67. The molecule has 0 saturated heterocycles. The van der Waals surface area contributed by atoms with Crippen molar-refractivity contribution in [1.29, 1.82) is 0 Å². The summed E-state index contributed by atoms with van der Waals surface area (Å²) in [6.07, 6.45) is 1.96. The molecule has 2 aromatic heterocycles. The van der Waals surface area contributed by atoms with E-state index < -0.39 is 0 Å². The van der Waals surface area contributed by atoms with Crippen LogP contribution in [0.25, 0.3) is 0 Å². The van der Waals surface area contributed by atoms with Crippen molar-refractivity contribution in [2.24, 2.45) is 7.05 Å². The number of nitrogens with one attached hydrogen (secondary N) is 1. The van der Waals surface area contributed by atoms with E-state index in [4.69, 9.17) is 4.42 Å². The van der Waals surface area contributed by atoms with Gasteiger partial charge in [-0.2, -0.15) is 5.10 Å². The van der Waals surface area contributed by atoms with E-state index in [1.54, 1.807) is 4.68 Å². The molecule has 0 aliphatic heterocycles. The summed E-state index contributed by atoms with van der Waals surface area (Å²) in [7, 11) is 1.91. The molecule has 2 heterocycles. The van der Waals surface area contributed by atoms with Gasteiger partial charge in [0.2, 0.25) is 0 Å². The van der Waals surface area contributed by atoms with E-state index in [0.29, 0.717) is 6.54 Å². The van der Waals surface area contributed by atoms with Crippen LogP contribution in [-0.2, 0) is 13.6 Å². The lowest BCUT2D eigenvalue weighted by atomic mass is 10.3. The molecule has 2 aromatic rings. The zero-order chi connectivity index (χ0) is 10.8. The fourth-order valence-electron chi connectivity index (χ4n) is 1.54. The summed E-state index contributed by atoms with van der Waals surface area (Å²) in [6.45, 7) is 4.62. The quantitative estimate of drug-likeness (QED) is 0.835. The Hall–Kier alpha value is -1.71. The van der Waals surface area contributed by atoms with Gasteiger partial charge >= 0.3 is 0 Å². The van der Waals surface area contributed by atoms with Gasteiger partial charge in [0, 0.05) is 13.2 Å². The summed E-state index contributed by atoms with van der Waals surface area (Å²) in [6, 6.07) is 3.95. The second kappa shape index (κ2) is 3.81. The molecule has 15 heavy (non-hydrogen) atoms. The molecule has 0 unspecified atom stereocenters. The van der Waals surface area contributed by atoms with E-state index >= 15 is 0 Å². The SMILES string of the molecule is Cc1ccc(CNc2cn(C)nc2C)o1. The number of aryl methyl sites for hydroxylation is 3.